The summed E-state index contributed by atoms with van der Waals surface area (Å²) >= 11 is 0. The van der Waals surface area contributed by atoms with Crippen molar-refractivity contribution in [3.63, 3.8) is 0 Å². The number of allylic oxidation sites excluding steroid dienone is 3. The second-order valence-electron chi connectivity index (χ2n) is 5.43. The fraction of sp³-hybridized carbons (Fsp3) is 0.278. The Kier molecular flexibility index (Phi) is 5.99. The van der Waals surface area contributed by atoms with Gasteiger partial charge in [0.25, 0.3) is 0 Å². The Hall–Kier alpha value is -1.84. The summed E-state index contributed by atoms with van der Waals surface area (Å²) < 4.78 is 0. The van der Waals surface area contributed by atoms with Crippen molar-refractivity contribution in [2.45, 2.75) is 25.3 Å². The number of aryl methyl sites for hydroxylation is 1. The number of Topliss-reactive ketones (excluding diaryl/α,β-unsaturated/α-hetero) is 1. The van der Waals surface area contributed by atoms with Gasteiger partial charge in [-0.3, -0.25) is 4.79 Å². The minimum atomic E-state index is 0. The van der Waals surface area contributed by atoms with Gasteiger partial charge in [-0.05, 0) is 48.6 Å². The zero-order chi connectivity index (χ0) is 14.5. The number of carbonyl (C=O) groups excluding carboxylic acids is 1. The number of hydrogen-bond donors (Lipinski definition) is 2. The third-order valence-corrected chi connectivity index (χ3v) is 4.03. The summed E-state index contributed by atoms with van der Waals surface area (Å²) in [5, 5.41) is 6.39. The molecule has 1 atom stereocenters. The molecule has 1 aliphatic heterocycles. The van der Waals surface area contributed by atoms with Crippen LogP contribution < -0.4 is 10.6 Å². The van der Waals surface area contributed by atoms with E-state index in [1.165, 1.54) is 17.5 Å². The second kappa shape index (κ2) is 7.97. The average molecular weight is 317 g/mol. The highest BCUT2D eigenvalue weighted by molar-refractivity contribution is 5.99. The van der Waals surface area contributed by atoms with Crippen molar-refractivity contribution in [2.75, 3.05) is 6.54 Å². The van der Waals surface area contributed by atoms with Gasteiger partial charge < -0.3 is 10.6 Å². The summed E-state index contributed by atoms with van der Waals surface area (Å²) in [6.07, 6.45) is 12.5. The highest BCUT2D eigenvalue weighted by Crippen LogP contribution is 2.29. The van der Waals surface area contributed by atoms with Gasteiger partial charge in [0.2, 0.25) is 0 Å². The van der Waals surface area contributed by atoms with Crippen LogP contribution in [0, 0.1) is 0 Å². The lowest BCUT2D eigenvalue weighted by Gasteiger charge is -2.26. The fourth-order valence-corrected chi connectivity index (χ4v) is 2.93. The van der Waals surface area contributed by atoms with Gasteiger partial charge in [-0.2, -0.15) is 0 Å². The summed E-state index contributed by atoms with van der Waals surface area (Å²) in [6.45, 7) is 0.378. The van der Waals surface area contributed by atoms with E-state index in [4.69, 9.17) is 0 Å². The Bertz CT molecular complexity index is 619. The molecule has 3 nitrogen and oxygen atoms in total. The van der Waals surface area contributed by atoms with E-state index >= 15 is 0 Å². The SMILES string of the molecule is Cl.O=C(CNC1CCCc2ccccc21)C1=CC=CNC=C1. The monoisotopic (exact) mass is 316 g/mol. The smallest absolute Gasteiger partial charge is 0.176 e. The van der Waals surface area contributed by atoms with Crippen molar-refractivity contribution < 1.29 is 4.79 Å². The predicted molar refractivity (Wildman–Crippen MR) is 91.9 cm³/mol. The van der Waals surface area contributed by atoms with Gasteiger partial charge in [-0.1, -0.05) is 24.3 Å². The quantitative estimate of drug-likeness (QED) is 0.896. The topological polar surface area (TPSA) is 41.1 Å². The van der Waals surface area contributed by atoms with E-state index in [1.54, 1.807) is 6.20 Å². The molecule has 0 saturated heterocycles. The minimum absolute atomic E-state index is 0. The van der Waals surface area contributed by atoms with Crippen molar-refractivity contribution in [3.8, 4) is 0 Å². The van der Waals surface area contributed by atoms with Crippen LogP contribution in [0.1, 0.15) is 30.0 Å². The second-order valence-corrected chi connectivity index (χ2v) is 5.43. The van der Waals surface area contributed by atoms with Gasteiger partial charge in [-0.25, -0.2) is 0 Å². The van der Waals surface area contributed by atoms with Crippen LogP contribution >= 0.6 is 12.4 Å². The van der Waals surface area contributed by atoms with Crippen LogP contribution in [-0.4, -0.2) is 12.3 Å². The molecule has 1 aliphatic carbocycles. The minimum Gasteiger partial charge on any atom is -0.368 e. The predicted octanol–water partition coefficient (Wildman–Crippen LogP) is 3.20. The van der Waals surface area contributed by atoms with E-state index in [-0.39, 0.29) is 18.2 Å². The molecule has 1 aromatic rings. The number of halogens is 1. The molecular weight excluding hydrogens is 296 g/mol. The zero-order valence-electron chi connectivity index (χ0n) is 12.4. The molecule has 1 aromatic carbocycles. The van der Waals surface area contributed by atoms with E-state index in [0.717, 1.165) is 18.4 Å². The van der Waals surface area contributed by atoms with E-state index < -0.39 is 0 Å². The Morgan fingerprint density at radius 3 is 3.05 bits per heavy atom. The standard InChI is InChI=1S/C18H20N2O.ClH/c21-18(15-7-4-11-19-12-10-15)13-20-17-9-3-6-14-5-1-2-8-16(14)17;/h1-2,4-5,7-8,10-12,17,19-20H,3,6,9,13H2;1H. The van der Waals surface area contributed by atoms with Gasteiger partial charge in [-0.15, -0.1) is 12.4 Å². The molecule has 0 fully saturated rings. The maximum atomic E-state index is 12.3. The van der Waals surface area contributed by atoms with Crippen LogP contribution in [0.4, 0.5) is 0 Å². The van der Waals surface area contributed by atoms with Crippen LogP contribution in [0.3, 0.4) is 0 Å². The van der Waals surface area contributed by atoms with E-state index in [9.17, 15) is 4.79 Å². The highest BCUT2D eigenvalue weighted by Gasteiger charge is 2.20. The lowest BCUT2D eigenvalue weighted by atomic mass is 9.87. The van der Waals surface area contributed by atoms with Gasteiger partial charge in [0.15, 0.2) is 5.78 Å². The maximum absolute atomic E-state index is 12.3. The molecule has 2 aliphatic rings. The molecule has 0 amide bonds. The molecule has 0 aromatic heterocycles. The molecule has 2 N–H and O–H groups in total. The van der Waals surface area contributed by atoms with Crippen LogP contribution in [0.2, 0.25) is 0 Å². The molecule has 0 bridgehead atoms. The van der Waals surface area contributed by atoms with Gasteiger partial charge in [0.1, 0.15) is 0 Å². The Morgan fingerprint density at radius 2 is 2.14 bits per heavy atom. The first kappa shape index (κ1) is 16.5. The Labute approximate surface area is 137 Å². The molecule has 0 radical (unpaired) electrons. The average Bonchev–Trinajstić information content (AvgIpc) is 2.82. The number of ketones is 1. The number of hydrogen-bond acceptors (Lipinski definition) is 3. The lowest BCUT2D eigenvalue weighted by Crippen LogP contribution is -2.30. The zero-order valence-corrected chi connectivity index (χ0v) is 13.2. The van der Waals surface area contributed by atoms with Crippen LogP contribution in [0.5, 0.6) is 0 Å². The molecule has 0 saturated carbocycles. The molecule has 1 unspecified atom stereocenters. The molecule has 1 heterocycles. The van der Waals surface area contributed by atoms with Crippen molar-refractivity contribution in [2.24, 2.45) is 0 Å². The lowest BCUT2D eigenvalue weighted by molar-refractivity contribution is -0.114. The van der Waals surface area contributed by atoms with Gasteiger partial charge in [0.05, 0.1) is 6.54 Å². The third kappa shape index (κ3) is 3.87. The number of rotatable bonds is 4. The number of benzene rings is 1. The number of nitrogens with one attached hydrogen (secondary N) is 2. The Morgan fingerprint density at radius 1 is 1.27 bits per heavy atom. The summed E-state index contributed by atoms with van der Waals surface area (Å²) in [6, 6.07) is 8.83. The summed E-state index contributed by atoms with van der Waals surface area (Å²) in [5.41, 5.74) is 3.49. The molecule has 3 rings (SSSR count). The normalized spacial score (nSPS) is 19.3. The van der Waals surface area contributed by atoms with Gasteiger partial charge in [0, 0.05) is 24.0 Å². The maximum Gasteiger partial charge on any atom is 0.176 e. The van der Waals surface area contributed by atoms with E-state index in [2.05, 4.69) is 34.9 Å². The number of fused-ring (bicyclic) bond motifs is 1. The summed E-state index contributed by atoms with van der Waals surface area (Å²) in [5.74, 6) is 0.127. The van der Waals surface area contributed by atoms with Gasteiger partial charge >= 0.3 is 0 Å². The van der Waals surface area contributed by atoms with Crippen molar-refractivity contribution in [3.05, 3.63) is 71.6 Å². The molecule has 4 heteroatoms. The fourth-order valence-electron chi connectivity index (χ4n) is 2.93. The third-order valence-electron chi connectivity index (χ3n) is 4.03. The first-order valence-electron chi connectivity index (χ1n) is 7.48. The Balaban J connectivity index is 0.00000176. The van der Waals surface area contributed by atoms with Crippen LogP contribution in [0.15, 0.2) is 60.5 Å². The molecular formula is C18H21ClN2O. The largest absolute Gasteiger partial charge is 0.368 e. The molecule has 22 heavy (non-hydrogen) atoms. The number of carbonyl (C=O) groups is 1. The molecule has 116 valence electrons. The van der Waals surface area contributed by atoms with E-state index in [0.29, 0.717) is 12.6 Å². The van der Waals surface area contributed by atoms with Crippen LogP contribution in [0.25, 0.3) is 0 Å². The van der Waals surface area contributed by atoms with Crippen molar-refractivity contribution in [1.29, 1.82) is 0 Å². The summed E-state index contributed by atoms with van der Waals surface area (Å²) in [7, 11) is 0. The summed E-state index contributed by atoms with van der Waals surface area (Å²) in [4.78, 5) is 12.3. The van der Waals surface area contributed by atoms with Crippen LogP contribution in [-0.2, 0) is 11.2 Å². The highest BCUT2D eigenvalue weighted by atomic mass is 35.5. The van der Waals surface area contributed by atoms with E-state index in [1.807, 2.05) is 24.4 Å². The first-order valence-corrected chi connectivity index (χ1v) is 7.48. The first-order chi connectivity index (χ1) is 10.3. The van der Waals surface area contributed by atoms with Crippen molar-refractivity contribution in [1.82, 2.24) is 10.6 Å². The molecule has 0 spiro atoms. The van der Waals surface area contributed by atoms with Crippen molar-refractivity contribution >= 4 is 18.2 Å².